The van der Waals surface area contributed by atoms with Gasteiger partial charge in [0.1, 0.15) is 5.82 Å². The van der Waals surface area contributed by atoms with Gasteiger partial charge >= 0.3 is 0 Å². The molecule has 0 saturated carbocycles. The van der Waals surface area contributed by atoms with Crippen molar-refractivity contribution >= 4 is 27.5 Å². The fraction of sp³-hybridized carbons (Fsp3) is 0.188. The number of hydrogen-bond acceptors (Lipinski definition) is 5. The minimum atomic E-state index is -0.430. The Hall–Kier alpha value is -2.48. The van der Waals surface area contributed by atoms with Crippen molar-refractivity contribution in [3.05, 3.63) is 52.7 Å². The molecule has 0 bridgehead atoms. The van der Waals surface area contributed by atoms with Gasteiger partial charge in [0.2, 0.25) is 5.91 Å². The highest BCUT2D eigenvalue weighted by Gasteiger charge is 2.35. The standard InChI is InChI=1S/C16H11BrFN3O3/c17-13-6-5-12(23-13)16-19-15(20-24-16)9-7-14(22)21(8-9)11-4-2-1-3-10(11)18/h1-6,9H,7-8H2. The second-order valence-corrected chi connectivity index (χ2v) is 6.20. The fourth-order valence-corrected chi connectivity index (χ4v) is 3.02. The number of carbonyl (C=O) groups excluding carboxylic acids is 1. The molecule has 3 aromatic rings. The summed E-state index contributed by atoms with van der Waals surface area (Å²) in [5.41, 5.74) is 0.267. The molecule has 4 rings (SSSR count). The average molecular weight is 392 g/mol. The summed E-state index contributed by atoms with van der Waals surface area (Å²) in [6.07, 6.45) is 0.204. The second kappa shape index (κ2) is 5.86. The zero-order chi connectivity index (χ0) is 16.7. The molecule has 0 aliphatic carbocycles. The Morgan fingerprint density at radius 2 is 2.08 bits per heavy atom. The molecule has 3 heterocycles. The number of benzene rings is 1. The van der Waals surface area contributed by atoms with Gasteiger partial charge in [-0.25, -0.2) is 4.39 Å². The van der Waals surface area contributed by atoms with Crippen molar-refractivity contribution in [2.75, 3.05) is 11.4 Å². The number of hydrogen-bond donors (Lipinski definition) is 0. The summed E-state index contributed by atoms with van der Waals surface area (Å²) in [6.45, 7) is 0.306. The number of carbonyl (C=O) groups is 1. The molecule has 24 heavy (non-hydrogen) atoms. The first-order valence-electron chi connectivity index (χ1n) is 7.26. The van der Waals surface area contributed by atoms with Crippen molar-refractivity contribution in [3.63, 3.8) is 0 Å². The zero-order valence-corrected chi connectivity index (χ0v) is 13.9. The molecular weight excluding hydrogens is 381 g/mol. The summed E-state index contributed by atoms with van der Waals surface area (Å²) in [6, 6.07) is 9.61. The van der Waals surface area contributed by atoms with Crippen LogP contribution in [-0.4, -0.2) is 22.6 Å². The summed E-state index contributed by atoms with van der Waals surface area (Å²) in [5.74, 6) is 0.235. The maximum absolute atomic E-state index is 13.9. The first-order valence-corrected chi connectivity index (χ1v) is 8.05. The normalized spacial score (nSPS) is 17.7. The Morgan fingerprint density at radius 1 is 1.25 bits per heavy atom. The summed E-state index contributed by atoms with van der Waals surface area (Å²) in [4.78, 5) is 18.0. The molecule has 6 nitrogen and oxygen atoms in total. The van der Waals surface area contributed by atoms with Gasteiger partial charge in [-0.3, -0.25) is 4.79 Å². The van der Waals surface area contributed by atoms with E-state index in [-0.39, 0.29) is 29.8 Å². The Balaban J connectivity index is 1.57. The largest absolute Gasteiger partial charge is 0.444 e. The number of furan rings is 1. The fourth-order valence-electron chi connectivity index (χ4n) is 2.71. The topological polar surface area (TPSA) is 72.4 Å². The van der Waals surface area contributed by atoms with Gasteiger partial charge in [-0.1, -0.05) is 17.3 Å². The van der Waals surface area contributed by atoms with Gasteiger partial charge in [0.25, 0.3) is 5.89 Å². The van der Waals surface area contributed by atoms with Crippen LogP contribution in [-0.2, 0) is 4.79 Å². The summed E-state index contributed by atoms with van der Waals surface area (Å²) in [7, 11) is 0. The van der Waals surface area contributed by atoms with Crippen molar-refractivity contribution in [2.45, 2.75) is 12.3 Å². The maximum atomic E-state index is 13.9. The second-order valence-electron chi connectivity index (χ2n) is 5.42. The number of aromatic nitrogens is 2. The van der Waals surface area contributed by atoms with Crippen LogP contribution in [0.4, 0.5) is 10.1 Å². The molecule has 0 spiro atoms. The Labute approximate surface area is 144 Å². The highest BCUT2D eigenvalue weighted by molar-refractivity contribution is 9.10. The molecule has 1 fully saturated rings. The van der Waals surface area contributed by atoms with E-state index in [0.29, 0.717) is 22.8 Å². The van der Waals surface area contributed by atoms with Crippen LogP contribution in [0.1, 0.15) is 18.2 Å². The SMILES string of the molecule is O=C1CC(c2noc(-c3ccc(Br)o3)n2)CN1c1ccccc1F. The van der Waals surface area contributed by atoms with Gasteiger partial charge in [0, 0.05) is 18.9 Å². The number of halogens is 2. The first-order chi connectivity index (χ1) is 11.6. The quantitative estimate of drug-likeness (QED) is 0.679. The molecule has 1 saturated heterocycles. The van der Waals surface area contributed by atoms with Crippen LogP contribution in [0.3, 0.4) is 0 Å². The predicted octanol–water partition coefficient (Wildman–Crippen LogP) is 3.75. The highest BCUT2D eigenvalue weighted by Crippen LogP contribution is 2.33. The van der Waals surface area contributed by atoms with Crippen LogP contribution in [0.25, 0.3) is 11.7 Å². The molecule has 0 N–H and O–H groups in total. The van der Waals surface area contributed by atoms with Crippen LogP contribution in [0.5, 0.6) is 0 Å². The summed E-state index contributed by atoms with van der Waals surface area (Å²) >= 11 is 3.21. The minimum Gasteiger partial charge on any atom is -0.444 e. The monoisotopic (exact) mass is 391 g/mol. The van der Waals surface area contributed by atoms with Crippen molar-refractivity contribution < 1.29 is 18.1 Å². The molecule has 0 radical (unpaired) electrons. The van der Waals surface area contributed by atoms with Gasteiger partial charge in [-0.15, -0.1) is 0 Å². The van der Waals surface area contributed by atoms with E-state index in [4.69, 9.17) is 8.94 Å². The predicted molar refractivity (Wildman–Crippen MR) is 85.8 cm³/mol. The molecule has 2 aromatic heterocycles. The van der Waals surface area contributed by atoms with Gasteiger partial charge in [0.15, 0.2) is 16.3 Å². The molecule has 1 aliphatic heterocycles. The van der Waals surface area contributed by atoms with Crippen molar-refractivity contribution in [2.24, 2.45) is 0 Å². The Kier molecular flexibility index (Phi) is 3.68. The van der Waals surface area contributed by atoms with Gasteiger partial charge in [-0.05, 0) is 40.2 Å². The van der Waals surface area contributed by atoms with Crippen LogP contribution >= 0.6 is 15.9 Å². The van der Waals surface area contributed by atoms with E-state index in [0.717, 1.165) is 0 Å². The maximum Gasteiger partial charge on any atom is 0.293 e. The van der Waals surface area contributed by atoms with E-state index in [2.05, 4.69) is 26.1 Å². The Bertz CT molecular complexity index is 907. The first kappa shape index (κ1) is 15.1. The van der Waals surface area contributed by atoms with E-state index in [9.17, 15) is 9.18 Å². The summed E-state index contributed by atoms with van der Waals surface area (Å²) in [5, 5.41) is 3.93. The Morgan fingerprint density at radius 3 is 2.83 bits per heavy atom. The lowest BCUT2D eigenvalue weighted by Crippen LogP contribution is -2.25. The number of anilines is 1. The van der Waals surface area contributed by atoms with Crippen LogP contribution < -0.4 is 4.90 Å². The third-order valence-corrected chi connectivity index (χ3v) is 4.29. The third kappa shape index (κ3) is 2.62. The number of rotatable bonds is 3. The van der Waals surface area contributed by atoms with Crippen molar-refractivity contribution in [3.8, 4) is 11.7 Å². The van der Waals surface area contributed by atoms with Crippen LogP contribution in [0.2, 0.25) is 0 Å². The molecule has 1 amide bonds. The lowest BCUT2D eigenvalue weighted by atomic mass is 10.1. The molecule has 1 unspecified atom stereocenters. The van der Waals surface area contributed by atoms with Crippen molar-refractivity contribution in [1.29, 1.82) is 0 Å². The zero-order valence-electron chi connectivity index (χ0n) is 12.3. The molecule has 122 valence electrons. The lowest BCUT2D eigenvalue weighted by Gasteiger charge is -2.16. The minimum absolute atomic E-state index is 0.169. The molecule has 1 atom stereocenters. The van der Waals surface area contributed by atoms with Crippen LogP contribution in [0, 0.1) is 5.82 Å². The number of para-hydroxylation sites is 1. The van der Waals surface area contributed by atoms with E-state index < -0.39 is 5.82 Å². The lowest BCUT2D eigenvalue weighted by molar-refractivity contribution is -0.117. The van der Waals surface area contributed by atoms with Crippen molar-refractivity contribution in [1.82, 2.24) is 10.1 Å². The van der Waals surface area contributed by atoms with E-state index >= 15 is 0 Å². The van der Waals surface area contributed by atoms with Crippen LogP contribution in [0.15, 0.2) is 50.0 Å². The van der Waals surface area contributed by atoms with E-state index in [1.54, 1.807) is 30.3 Å². The smallest absolute Gasteiger partial charge is 0.293 e. The molecule has 1 aromatic carbocycles. The van der Waals surface area contributed by atoms with E-state index in [1.807, 2.05) is 0 Å². The third-order valence-electron chi connectivity index (χ3n) is 3.86. The average Bonchev–Trinajstić information content (AvgIpc) is 3.27. The van der Waals surface area contributed by atoms with Gasteiger partial charge in [0.05, 0.1) is 5.69 Å². The number of nitrogens with zero attached hydrogens (tertiary/aromatic N) is 3. The van der Waals surface area contributed by atoms with Gasteiger partial charge < -0.3 is 13.8 Å². The summed E-state index contributed by atoms with van der Waals surface area (Å²) < 4.78 is 25.0. The number of amides is 1. The highest BCUT2D eigenvalue weighted by atomic mass is 79.9. The van der Waals surface area contributed by atoms with E-state index in [1.165, 1.54) is 11.0 Å². The molecule has 8 heteroatoms. The molecular formula is C16H11BrFN3O3. The molecule has 1 aliphatic rings. The van der Waals surface area contributed by atoms with Gasteiger partial charge in [-0.2, -0.15) is 4.98 Å².